The fraction of sp³-hybridized carbons (Fsp3) is 0.192. The molecule has 160 valence electrons. The van der Waals surface area contributed by atoms with E-state index in [0.717, 1.165) is 34.9 Å². The average molecular weight is 425 g/mol. The summed E-state index contributed by atoms with van der Waals surface area (Å²) < 4.78 is 2.00. The van der Waals surface area contributed by atoms with Crippen LogP contribution in [0.1, 0.15) is 39.6 Å². The van der Waals surface area contributed by atoms with Gasteiger partial charge in [0.15, 0.2) is 0 Å². The van der Waals surface area contributed by atoms with Gasteiger partial charge in [-0.15, -0.1) is 0 Å². The van der Waals surface area contributed by atoms with E-state index in [1.807, 2.05) is 76.3 Å². The van der Waals surface area contributed by atoms with Gasteiger partial charge in [0.25, 0.3) is 5.91 Å². The van der Waals surface area contributed by atoms with Crippen molar-refractivity contribution in [2.45, 2.75) is 18.9 Å². The SMILES string of the molecule is NC(=O)c1cc(-c2ccccc2)cc2c1cnn2C1CCN(C(=O)c2ccccc2)CC1. The lowest BCUT2D eigenvalue weighted by atomic mass is 9.99. The second kappa shape index (κ2) is 8.30. The first-order valence-electron chi connectivity index (χ1n) is 10.8. The Balaban J connectivity index is 1.44. The predicted molar refractivity (Wildman–Crippen MR) is 124 cm³/mol. The number of rotatable bonds is 4. The molecule has 32 heavy (non-hydrogen) atoms. The number of hydrogen-bond acceptors (Lipinski definition) is 3. The lowest BCUT2D eigenvalue weighted by molar-refractivity contribution is 0.0691. The van der Waals surface area contributed by atoms with Crippen LogP contribution in [0.4, 0.5) is 0 Å². The van der Waals surface area contributed by atoms with Gasteiger partial charge in [-0.3, -0.25) is 14.3 Å². The molecule has 1 aliphatic heterocycles. The fourth-order valence-electron chi connectivity index (χ4n) is 4.51. The predicted octanol–water partition coefficient (Wildman–Crippen LogP) is 4.28. The Bertz CT molecular complexity index is 1270. The van der Waals surface area contributed by atoms with Crippen LogP contribution in [0, 0.1) is 0 Å². The van der Waals surface area contributed by atoms with Crippen molar-refractivity contribution in [1.82, 2.24) is 14.7 Å². The highest BCUT2D eigenvalue weighted by molar-refractivity contribution is 6.07. The topological polar surface area (TPSA) is 81.2 Å². The smallest absolute Gasteiger partial charge is 0.253 e. The zero-order chi connectivity index (χ0) is 22.1. The van der Waals surface area contributed by atoms with Crippen molar-refractivity contribution in [3.05, 3.63) is 90.1 Å². The largest absolute Gasteiger partial charge is 0.366 e. The van der Waals surface area contributed by atoms with E-state index < -0.39 is 5.91 Å². The van der Waals surface area contributed by atoms with Crippen LogP contribution in [0.2, 0.25) is 0 Å². The Hall–Kier alpha value is -3.93. The third-order valence-electron chi connectivity index (χ3n) is 6.21. The zero-order valence-corrected chi connectivity index (χ0v) is 17.6. The molecular weight excluding hydrogens is 400 g/mol. The van der Waals surface area contributed by atoms with Gasteiger partial charge in [-0.25, -0.2) is 0 Å². The molecule has 0 unspecified atom stereocenters. The molecule has 1 saturated heterocycles. The Morgan fingerprint density at radius 2 is 1.53 bits per heavy atom. The number of hydrogen-bond donors (Lipinski definition) is 1. The van der Waals surface area contributed by atoms with Gasteiger partial charge in [-0.2, -0.15) is 5.10 Å². The molecule has 0 bridgehead atoms. The number of carbonyl (C=O) groups excluding carboxylic acids is 2. The second-order valence-electron chi connectivity index (χ2n) is 8.17. The molecule has 1 aliphatic rings. The number of amides is 2. The molecule has 2 heterocycles. The number of primary amides is 1. The number of benzene rings is 3. The lowest BCUT2D eigenvalue weighted by Gasteiger charge is -2.32. The maximum Gasteiger partial charge on any atom is 0.253 e. The van der Waals surface area contributed by atoms with Crippen LogP contribution in [0.3, 0.4) is 0 Å². The summed E-state index contributed by atoms with van der Waals surface area (Å²) in [6.07, 6.45) is 3.33. The molecule has 1 aromatic heterocycles. The number of likely N-dealkylation sites (tertiary alicyclic amines) is 1. The summed E-state index contributed by atoms with van der Waals surface area (Å²) in [7, 11) is 0. The first-order chi connectivity index (χ1) is 15.6. The quantitative estimate of drug-likeness (QED) is 0.531. The fourth-order valence-corrected chi connectivity index (χ4v) is 4.51. The van der Waals surface area contributed by atoms with Crippen LogP contribution in [-0.2, 0) is 0 Å². The molecule has 3 aromatic carbocycles. The van der Waals surface area contributed by atoms with Gasteiger partial charge in [-0.05, 0) is 48.2 Å². The molecule has 2 amide bonds. The van der Waals surface area contributed by atoms with Gasteiger partial charge in [0, 0.05) is 24.0 Å². The summed E-state index contributed by atoms with van der Waals surface area (Å²) in [6, 6.07) is 23.4. The van der Waals surface area contributed by atoms with E-state index in [0.29, 0.717) is 24.2 Å². The van der Waals surface area contributed by atoms with Crippen molar-refractivity contribution >= 4 is 22.7 Å². The normalized spacial score (nSPS) is 14.6. The van der Waals surface area contributed by atoms with E-state index in [9.17, 15) is 9.59 Å². The van der Waals surface area contributed by atoms with Crippen molar-refractivity contribution in [3.63, 3.8) is 0 Å². The van der Waals surface area contributed by atoms with Crippen molar-refractivity contribution in [1.29, 1.82) is 0 Å². The van der Waals surface area contributed by atoms with Crippen molar-refractivity contribution < 1.29 is 9.59 Å². The van der Waals surface area contributed by atoms with E-state index in [-0.39, 0.29) is 11.9 Å². The Morgan fingerprint density at radius 1 is 0.875 bits per heavy atom. The number of nitrogens with zero attached hydrogens (tertiary/aromatic N) is 3. The Labute approximate surface area is 186 Å². The lowest BCUT2D eigenvalue weighted by Crippen LogP contribution is -2.39. The molecule has 2 N–H and O–H groups in total. The van der Waals surface area contributed by atoms with Crippen LogP contribution in [0.5, 0.6) is 0 Å². The Morgan fingerprint density at radius 3 is 2.19 bits per heavy atom. The molecule has 4 aromatic rings. The molecule has 0 spiro atoms. The van der Waals surface area contributed by atoms with Crippen molar-refractivity contribution in [2.24, 2.45) is 5.73 Å². The first kappa shape index (κ1) is 20.0. The number of aromatic nitrogens is 2. The van der Waals surface area contributed by atoms with Crippen molar-refractivity contribution in [3.8, 4) is 11.1 Å². The van der Waals surface area contributed by atoms with Crippen molar-refractivity contribution in [2.75, 3.05) is 13.1 Å². The minimum absolute atomic E-state index is 0.0664. The summed E-state index contributed by atoms with van der Waals surface area (Å²) in [5.74, 6) is -0.396. The summed E-state index contributed by atoms with van der Waals surface area (Å²) >= 11 is 0. The van der Waals surface area contributed by atoms with Crippen LogP contribution < -0.4 is 5.73 Å². The van der Waals surface area contributed by atoms with E-state index in [2.05, 4.69) is 11.2 Å². The van der Waals surface area contributed by atoms with Gasteiger partial charge in [0.05, 0.1) is 23.3 Å². The summed E-state index contributed by atoms with van der Waals surface area (Å²) in [6.45, 7) is 1.33. The zero-order valence-electron chi connectivity index (χ0n) is 17.6. The summed E-state index contributed by atoms with van der Waals surface area (Å²) in [4.78, 5) is 26.9. The maximum atomic E-state index is 12.8. The number of carbonyl (C=O) groups is 2. The molecule has 0 aliphatic carbocycles. The first-order valence-corrected chi connectivity index (χ1v) is 10.8. The second-order valence-corrected chi connectivity index (χ2v) is 8.17. The third kappa shape index (κ3) is 3.64. The van der Waals surface area contributed by atoms with Crippen LogP contribution in [0.25, 0.3) is 22.0 Å². The van der Waals surface area contributed by atoms with Gasteiger partial charge < -0.3 is 10.6 Å². The molecule has 0 radical (unpaired) electrons. The van der Waals surface area contributed by atoms with Gasteiger partial charge in [0.1, 0.15) is 0 Å². The number of nitrogens with two attached hydrogens (primary N) is 1. The number of fused-ring (bicyclic) bond motifs is 1. The molecule has 0 saturated carbocycles. The third-order valence-corrected chi connectivity index (χ3v) is 6.21. The van der Waals surface area contributed by atoms with E-state index in [1.165, 1.54) is 0 Å². The monoisotopic (exact) mass is 424 g/mol. The molecule has 6 nitrogen and oxygen atoms in total. The molecule has 6 heteroatoms. The highest BCUT2D eigenvalue weighted by Gasteiger charge is 2.26. The molecule has 5 rings (SSSR count). The van der Waals surface area contributed by atoms with E-state index >= 15 is 0 Å². The molecule has 0 atom stereocenters. The Kier molecular flexibility index (Phi) is 5.19. The van der Waals surface area contributed by atoms with Crippen LogP contribution in [0.15, 0.2) is 79.0 Å². The molecular formula is C26H24N4O2. The highest BCUT2D eigenvalue weighted by Crippen LogP contribution is 2.32. The van der Waals surface area contributed by atoms with Gasteiger partial charge >= 0.3 is 0 Å². The van der Waals surface area contributed by atoms with Gasteiger partial charge in [-0.1, -0.05) is 48.5 Å². The van der Waals surface area contributed by atoms with Crippen LogP contribution in [-0.4, -0.2) is 39.6 Å². The standard InChI is InChI=1S/C26H24N4O2/c27-25(31)22-15-20(18-7-3-1-4-8-18)16-24-23(22)17-28-30(24)21-11-13-29(14-12-21)26(32)19-9-5-2-6-10-19/h1-10,15-17,21H,11-14H2,(H2,27,31). The van der Waals surface area contributed by atoms with E-state index in [4.69, 9.17) is 5.73 Å². The minimum atomic E-state index is -0.462. The van der Waals surface area contributed by atoms with Crippen LogP contribution >= 0.6 is 0 Å². The van der Waals surface area contributed by atoms with E-state index in [1.54, 1.807) is 6.20 Å². The number of piperidine rings is 1. The molecule has 1 fully saturated rings. The maximum absolute atomic E-state index is 12.8. The minimum Gasteiger partial charge on any atom is -0.366 e. The average Bonchev–Trinajstić information content (AvgIpc) is 3.28. The summed E-state index contributed by atoms with van der Waals surface area (Å²) in [5, 5.41) is 5.39. The highest BCUT2D eigenvalue weighted by atomic mass is 16.2. The van der Waals surface area contributed by atoms with Gasteiger partial charge in [0.2, 0.25) is 5.91 Å². The summed E-state index contributed by atoms with van der Waals surface area (Å²) in [5.41, 5.74) is 9.75.